The van der Waals surface area contributed by atoms with Gasteiger partial charge >= 0.3 is 0 Å². The van der Waals surface area contributed by atoms with Crippen molar-refractivity contribution in [3.05, 3.63) is 64.9 Å². The molecule has 1 unspecified atom stereocenters. The minimum absolute atomic E-state index is 0.188. The number of aromatic nitrogens is 1. The highest BCUT2D eigenvalue weighted by atomic mass is 35.5. The van der Waals surface area contributed by atoms with Gasteiger partial charge in [-0.1, -0.05) is 49.1 Å². The van der Waals surface area contributed by atoms with Crippen molar-refractivity contribution in [2.75, 3.05) is 6.54 Å². The van der Waals surface area contributed by atoms with E-state index in [1.165, 1.54) is 43.2 Å². The summed E-state index contributed by atoms with van der Waals surface area (Å²) in [6, 6.07) is 12.5. The quantitative estimate of drug-likeness (QED) is 0.840. The second kappa shape index (κ2) is 7.75. The fourth-order valence-electron chi connectivity index (χ4n) is 3.31. The Morgan fingerprint density at radius 2 is 1.82 bits per heavy atom. The van der Waals surface area contributed by atoms with Gasteiger partial charge in [-0.15, -0.1) is 0 Å². The van der Waals surface area contributed by atoms with Crippen LogP contribution in [0.3, 0.4) is 0 Å². The summed E-state index contributed by atoms with van der Waals surface area (Å²) < 4.78 is 0. The minimum Gasteiger partial charge on any atom is -0.306 e. The monoisotopic (exact) mass is 314 g/mol. The first-order valence-electron chi connectivity index (χ1n) is 8.22. The van der Waals surface area contributed by atoms with Gasteiger partial charge in [0.2, 0.25) is 0 Å². The largest absolute Gasteiger partial charge is 0.306 e. The molecule has 2 aromatic rings. The zero-order valence-electron chi connectivity index (χ0n) is 12.8. The van der Waals surface area contributed by atoms with Crippen molar-refractivity contribution in [3.8, 4) is 0 Å². The van der Waals surface area contributed by atoms with Gasteiger partial charge in [0.25, 0.3) is 0 Å². The Labute approximate surface area is 137 Å². The van der Waals surface area contributed by atoms with Gasteiger partial charge in [0.15, 0.2) is 0 Å². The van der Waals surface area contributed by atoms with Gasteiger partial charge in [-0.25, -0.2) is 0 Å². The average Bonchev–Trinajstić information content (AvgIpc) is 2.58. The van der Waals surface area contributed by atoms with E-state index in [-0.39, 0.29) is 6.04 Å². The summed E-state index contributed by atoms with van der Waals surface area (Å²) >= 11 is 6.03. The molecule has 0 saturated heterocycles. The summed E-state index contributed by atoms with van der Waals surface area (Å²) in [4.78, 5) is 4.28. The first kappa shape index (κ1) is 15.5. The van der Waals surface area contributed by atoms with Crippen LogP contribution in [-0.2, 0) is 0 Å². The minimum atomic E-state index is 0.188. The molecule has 3 heteroatoms. The molecule has 0 bridgehead atoms. The molecule has 116 valence electrons. The number of nitrogens with zero attached hydrogens (tertiary/aromatic N) is 1. The number of nitrogens with one attached hydrogen (secondary N) is 1. The van der Waals surface area contributed by atoms with E-state index in [0.717, 1.165) is 17.5 Å². The van der Waals surface area contributed by atoms with E-state index in [0.29, 0.717) is 0 Å². The Kier molecular flexibility index (Phi) is 5.47. The van der Waals surface area contributed by atoms with Crippen LogP contribution in [0.2, 0.25) is 5.02 Å². The lowest BCUT2D eigenvalue weighted by Gasteiger charge is -2.26. The van der Waals surface area contributed by atoms with E-state index in [1.54, 1.807) is 0 Å². The Morgan fingerprint density at radius 3 is 2.50 bits per heavy atom. The molecule has 2 nitrogen and oxygen atoms in total. The van der Waals surface area contributed by atoms with E-state index in [4.69, 9.17) is 11.6 Å². The maximum atomic E-state index is 6.03. The van der Waals surface area contributed by atoms with Gasteiger partial charge < -0.3 is 5.32 Å². The molecule has 1 aliphatic rings. The summed E-state index contributed by atoms with van der Waals surface area (Å²) in [6.45, 7) is 1.07. The molecule has 1 aromatic heterocycles. The van der Waals surface area contributed by atoms with Crippen LogP contribution >= 0.6 is 11.6 Å². The highest BCUT2D eigenvalue weighted by molar-refractivity contribution is 6.30. The number of benzene rings is 1. The van der Waals surface area contributed by atoms with Crippen LogP contribution in [0.15, 0.2) is 48.8 Å². The van der Waals surface area contributed by atoms with Crippen LogP contribution in [0, 0.1) is 5.92 Å². The summed E-state index contributed by atoms with van der Waals surface area (Å²) in [6.07, 6.45) is 10.6. The van der Waals surface area contributed by atoms with Crippen molar-refractivity contribution in [3.63, 3.8) is 0 Å². The standard InChI is InChI=1S/C19H23ClN2/c20-18-10-8-16(9-11-18)19(17-7-4-12-21-14-17)22-13-15-5-2-1-3-6-15/h4,7-12,14-15,19,22H,1-3,5-6,13H2. The van der Waals surface area contributed by atoms with Gasteiger partial charge in [0.1, 0.15) is 0 Å². The van der Waals surface area contributed by atoms with Crippen molar-refractivity contribution in [2.45, 2.75) is 38.1 Å². The molecule has 1 fully saturated rings. The Hall–Kier alpha value is -1.38. The second-order valence-electron chi connectivity index (χ2n) is 6.18. The number of halogens is 1. The number of hydrogen-bond donors (Lipinski definition) is 1. The van der Waals surface area contributed by atoms with E-state index in [1.807, 2.05) is 30.6 Å². The third kappa shape index (κ3) is 4.08. The molecule has 0 spiro atoms. The Morgan fingerprint density at radius 1 is 1.05 bits per heavy atom. The fraction of sp³-hybridized carbons (Fsp3) is 0.421. The van der Waals surface area contributed by atoms with E-state index < -0.39 is 0 Å². The van der Waals surface area contributed by atoms with Crippen molar-refractivity contribution >= 4 is 11.6 Å². The zero-order valence-corrected chi connectivity index (χ0v) is 13.6. The molecular weight excluding hydrogens is 292 g/mol. The van der Waals surface area contributed by atoms with Crippen molar-refractivity contribution in [1.29, 1.82) is 0 Å². The molecular formula is C19H23ClN2. The first-order valence-corrected chi connectivity index (χ1v) is 8.59. The number of pyridine rings is 1. The topological polar surface area (TPSA) is 24.9 Å². The van der Waals surface area contributed by atoms with Gasteiger partial charge in [-0.05, 0) is 54.6 Å². The summed E-state index contributed by atoms with van der Waals surface area (Å²) in [5, 5.41) is 4.54. The molecule has 1 aromatic carbocycles. The van der Waals surface area contributed by atoms with Crippen molar-refractivity contribution in [1.82, 2.24) is 10.3 Å². The smallest absolute Gasteiger partial charge is 0.0592 e. The molecule has 22 heavy (non-hydrogen) atoms. The van der Waals surface area contributed by atoms with E-state index >= 15 is 0 Å². The second-order valence-corrected chi connectivity index (χ2v) is 6.62. The van der Waals surface area contributed by atoms with Crippen LogP contribution in [-0.4, -0.2) is 11.5 Å². The Balaban J connectivity index is 1.75. The summed E-state index contributed by atoms with van der Waals surface area (Å²) in [5.74, 6) is 0.806. The fourth-order valence-corrected chi connectivity index (χ4v) is 3.43. The predicted molar refractivity (Wildman–Crippen MR) is 92.1 cm³/mol. The molecule has 1 aliphatic carbocycles. The van der Waals surface area contributed by atoms with Gasteiger partial charge in [0, 0.05) is 17.4 Å². The zero-order chi connectivity index (χ0) is 15.2. The van der Waals surface area contributed by atoms with Crippen LogP contribution in [0.4, 0.5) is 0 Å². The highest BCUT2D eigenvalue weighted by Gasteiger charge is 2.18. The highest BCUT2D eigenvalue weighted by Crippen LogP contribution is 2.26. The molecule has 0 aliphatic heterocycles. The number of hydrogen-bond acceptors (Lipinski definition) is 2. The Bertz CT molecular complexity index is 562. The predicted octanol–water partition coefficient (Wildman–Crippen LogP) is 4.99. The van der Waals surface area contributed by atoms with Gasteiger partial charge in [-0.3, -0.25) is 4.98 Å². The molecule has 3 rings (SSSR count). The SMILES string of the molecule is Clc1ccc(C(NCC2CCCCC2)c2cccnc2)cc1. The number of rotatable bonds is 5. The van der Waals surface area contributed by atoms with E-state index in [2.05, 4.69) is 28.5 Å². The lowest BCUT2D eigenvalue weighted by atomic mass is 9.88. The molecule has 0 radical (unpaired) electrons. The molecule has 1 heterocycles. The lowest BCUT2D eigenvalue weighted by Crippen LogP contribution is -2.29. The molecule has 1 saturated carbocycles. The molecule has 1 atom stereocenters. The molecule has 1 N–H and O–H groups in total. The third-order valence-corrected chi connectivity index (χ3v) is 4.81. The van der Waals surface area contributed by atoms with E-state index in [9.17, 15) is 0 Å². The maximum absolute atomic E-state index is 6.03. The summed E-state index contributed by atoms with van der Waals surface area (Å²) in [7, 11) is 0. The van der Waals surface area contributed by atoms with Gasteiger partial charge in [0.05, 0.1) is 6.04 Å². The average molecular weight is 315 g/mol. The third-order valence-electron chi connectivity index (χ3n) is 4.56. The normalized spacial score (nSPS) is 17.3. The van der Waals surface area contributed by atoms with Crippen LogP contribution in [0.5, 0.6) is 0 Å². The van der Waals surface area contributed by atoms with Gasteiger partial charge in [-0.2, -0.15) is 0 Å². The van der Waals surface area contributed by atoms with Crippen LogP contribution in [0.25, 0.3) is 0 Å². The lowest BCUT2D eigenvalue weighted by molar-refractivity contribution is 0.335. The maximum Gasteiger partial charge on any atom is 0.0592 e. The van der Waals surface area contributed by atoms with Crippen molar-refractivity contribution < 1.29 is 0 Å². The summed E-state index contributed by atoms with van der Waals surface area (Å²) in [5.41, 5.74) is 2.45. The van der Waals surface area contributed by atoms with Crippen LogP contribution < -0.4 is 5.32 Å². The molecule has 0 amide bonds. The van der Waals surface area contributed by atoms with Crippen molar-refractivity contribution in [2.24, 2.45) is 5.92 Å². The van der Waals surface area contributed by atoms with Crippen LogP contribution in [0.1, 0.15) is 49.3 Å². The first-order chi connectivity index (χ1) is 10.8.